The molecular formula is C15H16N4O2. The third-order valence-electron chi connectivity index (χ3n) is 2.92. The Bertz CT molecular complexity index is 733. The number of H-pyrrole nitrogens is 1. The standard InChI is InChI=1S/C15H16N4O2/c1-17-13(9-20)11(8-16)15-18-12(7-14(21)19-15)10-5-3-2-4-6-10/h2-9,17,20H,16H2,1H3,(H,18,19,21)/b11-8-,13-9?. The number of aromatic amines is 1. The second-order valence-electron chi connectivity index (χ2n) is 4.22. The molecule has 0 spiro atoms. The van der Waals surface area contributed by atoms with Crippen LogP contribution in [-0.4, -0.2) is 22.1 Å². The monoisotopic (exact) mass is 284 g/mol. The number of aromatic nitrogens is 2. The molecule has 1 aromatic heterocycles. The Labute approximate surface area is 121 Å². The first-order valence-corrected chi connectivity index (χ1v) is 6.31. The molecule has 0 fully saturated rings. The molecule has 0 radical (unpaired) electrons. The average Bonchev–Trinajstić information content (AvgIpc) is 2.52. The number of benzene rings is 1. The summed E-state index contributed by atoms with van der Waals surface area (Å²) >= 11 is 0. The fourth-order valence-corrected chi connectivity index (χ4v) is 1.91. The van der Waals surface area contributed by atoms with Gasteiger partial charge < -0.3 is 21.1 Å². The average molecular weight is 284 g/mol. The fraction of sp³-hybridized carbons (Fsp3) is 0.0667. The van der Waals surface area contributed by atoms with Gasteiger partial charge in [0.15, 0.2) is 0 Å². The smallest absolute Gasteiger partial charge is 0.251 e. The van der Waals surface area contributed by atoms with Gasteiger partial charge in [0, 0.05) is 24.9 Å². The van der Waals surface area contributed by atoms with Crippen LogP contribution >= 0.6 is 0 Å². The molecule has 2 rings (SSSR count). The van der Waals surface area contributed by atoms with Crippen molar-refractivity contribution in [2.24, 2.45) is 5.73 Å². The van der Waals surface area contributed by atoms with E-state index in [-0.39, 0.29) is 11.4 Å². The van der Waals surface area contributed by atoms with Crippen LogP contribution in [0.2, 0.25) is 0 Å². The lowest BCUT2D eigenvalue weighted by Gasteiger charge is -2.10. The Morgan fingerprint density at radius 3 is 2.67 bits per heavy atom. The van der Waals surface area contributed by atoms with Crippen LogP contribution in [0.1, 0.15) is 5.82 Å². The summed E-state index contributed by atoms with van der Waals surface area (Å²) in [5.74, 6) is 0.276. The number of allylic oxidation sites excluding steroid dienone is 1. The number of hydrogen-bond donors (Lipinski definition) is 4. The van der Waals surface area contributed by atoms with E-state index in [2.05, 4.69) is 15.3 Å². The minimum atomic E-state index is -0.299. The maximum atomic E-state index is 11.8. The summed E-state index contributed by atoms with van der Waals surface area (Å²) in [5, 5.41) is 12.0. The van der Waals surface area contributed by atoms with Crippen molar-refractivity contribution in [1.29, 1.82) is 0 Å². The quantitative estimate of drug-likeness (QED) is 0.501. The molecule has 1 aromatic carbocycles. The van der Waals surface area contributed by atoms with Crippen molar-refractivity contribution in [3.05, 3.63) is 70.7 Å². The molecular weight excluding hydrogens is 268 g/mol. The molecule has 0 atom stereocenters. The molecule has 6 heteroatoms. The lowest BCUT2D eigenvalue weighted by molar-refractivity contribution is 0.466. The minimum Gasteiger partial charge on any atom is -0.513 e. The zero-order valence-corrected chi connectivity index (χ0v) is 11.5. The molecule has 0 saturated carbocycles. The molecule has 0 aliphatic carbocycles. The van der Waals surface area contributed by atoms with Crippen LogP contribution < -0.4 is 16.6 Å². The van der Waals surface area contributed by atoms with Crippen molar-refractivity contribution >= 4 is 5.57 Å². The van der Waals surface area contributed by atoms with Gasteiger partial charge in [0.25, 0.3) is 5.56 Å². The largest absolute Gasteiger partial charge is 0.513 e. The number of aliphatic hydroxyl groups excluding tert-OH is 1. The maximum absolute atomic E-state index is 11.8. The highest BCUT2D eigenvalue weighted by Crippen LogP contribution is 2.19. The first-order chi connectivity index (χ1) is 10.2. The number of nitrogens with one attached hydrogen (secondary N) is 2. The summed E-state index contributed by atoms with van der Waals surface area (Å²) in [7, 11) is 1.63. The topological polar surface area (TPSA) is 104 Å². The fourth-order valence-electron chi connectivity index (χ4n) is 1.91. The van der Waals surface area contributed by atoms with Gasteiger partial charge in [-0.05, 0) is 0 Å². The van der Waals surface area contributed by atoms with E-state index in [1.54, 1.807) is 7.05 Å². The zero-order valence-electron chi connectivity index (χ0n) is 11.5. The number of hydrogen-bond acceptors (Lipinski definition) is 5. The predicted octanol–water partition coefficient (Wildman–Crippen LogP) is 1.36. The summed E-state index contributed by atoms with van der Waals surface area (Å²) in [6, 6.07) is 10.7. The molecule has 0 unspecified atom stereocenters. The number of nitrogens with two attached hydrogens (primary N) is 1. The van der Waals surface area contributed by atoms with Crippen molar-refractivity contribution < 1.29 is 5.11 Å². The van der Waals surface area contributed by atoms with E-state index in [0.29, 0.717) is 17.0 Å². The van der Waals surface area contributed by atoms with Crippen molar-refractivity contribution in [2.45, 2.75) is 0 Å². The second kappa shape index (κ2) is 6.42. The molecule has 1 heterocycles. The van der Waals surface area contributed by atoms with E-state index >= 15 is 0 Å². The molecule has 0 bridgehead atoms. The summed E-state index contributed by atoms with van der Waals surface area (Å²) in [6.07, 6.45) is 2.14. The highest BCUT2D eigenvalue weighted by molar-refractivity contribution is 5.74. The molecule has 21 heavy (non-hydrogen) atoms. The Balaban J connectivity index is 2.57. The van der Waals surface area contributed by atoms with Crippen molar-refractivity contribution in [3.8, 4) is 11.3 Å². The molecule has 108 valence electrons. The van der Waals surface area contributed by atoms with Gasteiger partial charge in [0.2, 0.25) is 0 Å². The Morgan fingerprint density at radius 2 is 2.10 bits per heavy atom. The third kappa shape index (κ3) is 3.11. The van der Waals surface area contributed by atoms with Crippen LogP contribution in [0.4, 0.5) is 0 Å². The molecule has 0 amide bonds. The predicted molar refractivity (Wildman–Crippen MR) is 82.2 cm³/mol. The molecule has 0 aliphatic heterocycles. The molecule has 0 saturated heterocycles. The van der Waals surface area contributed by atoms with Gasteiger partial charge in [-0.1, -0.05) is 30.3 Å². The van der Waals surface area contributed by atoms with Gasteiger partial charge in [-0.15, -0.1) is 0 Å². The molecule has 6 nitrogen and oxygen atoms in total. The van der Waals surface area contributed by atoms with Crippen molar-refractivity contribution in [2.75, 3.05) is 7.05 Å². The number of aliphatic hydroxyl groups is 1. The molecule has 2 aromatic rings. The summed E-state index contributed by atoms with van der Waals surface area (Å²) in [4.78, 5) is 18.8. The maximum Gasteiger partial charge on any atom is 0.251 e. The van der Waals surface area contributed by atoms with Gasteiger partial charge in [-0.3, -0.25) is 4.79 Å². The molecule has 5 N–H and O–H groups in total. The van der Waals surface area contributed by atoms with Crippen LogP contribution in [0.5, 0.6) is 0 Å². The van der Waals surface area contributed by atoms with Crippen LogP contribution in [0, 0.1) is 0 Å². The van der Waals surface area contributed by atoms with Crippen LogP contribution in [0.15, 0.2) is 59.4 Å². The van der Waals surface area contributed by atoms with Crippen LogP contribution in [0.3, 0.4) is 0 Å². The first kappa shape index (κ1) is 14.4. The normalized spacial score (nSPS) is 12.2. The number of rotatable bonds is 4. The highest BCUT2D eigenvalue weighted by Gasteiger charge is 2.11. The zero-order chi connectivity index (χ0) is 15.2. The Morgan fingerprint density at radius 1 is 1.38 bits per heavy atom. The van der Waals surface area contributed by atoms with Gasteiger partial charge in [0.1, 0.15) is 12.1 Å². The van der Waals surface area contributed by atoms with E-state index in [1.807, 2.05) is 30.3 Å². The third-order valence-corrected chi connectivity index (χ3v) is 2.92. The second-order valence-corrected chi connectivity index (χ2v) is 4.22. The van der Waals surface area contributed by atoms with Crippen molar-refractivity contribution in [1.82, 2.24) is 15.3 Å². The minimum absolute atomic E-state index is 0.276. The summed E-state index contributed by atoms with van der Waals surface area (Å²) in [5.41, 5.74) is 7.38. The van der Waals surface area contributed by atoms with Crippen LogP contribution in [0.25, 0.3) is 16.8 Å². The van der Waals surface area contributed by atoms with E-state index in [4.69, 9.17) is 5.73 Å². The Hall–Kier alpha value is -3.02. The van der Waals surface area contributed by atoms with Crippen molar-refractivity contribution in [3.63, 3.8) is 0 Å². The van der Waals surface area contributed by atoms with E-state index in [1.165, 1.54) is 12.3 Å². The summed E-state index contributed by atoms with van der Waals surface area (Å²) < 4.78 is 0. The van der Waals surface area contributed by atoms with E-state index in [0.717, 1.165) is 11.8 Å². The van der Waals surface area contributed by atoms with Gasteiger partial charge in [-0.2, -0.15) is 0 Å². The Kier molecular flexibility index (Phi) is 4.40. The number of likely N-dealkylation sites (N-methyl/N-ethyl adjacent to an activating group) is 1. The van der Waals surface area contributed by atoms with Gasteiger partial charge in [-0.25, -0.2) is 4.98 Å². The van der Waals surface area contributed by atoms with Crippen LogP contribution in [-0.2, 0) is 0 Å². The van der Waals surface area contributed by atoms with E-state index in [9.17, 15) is 9.90 Å². The van der Waals surface area contributed by atoms with Gasteiger partial charge >= 0.3 is 0 Å². The lowest BCUT2D eigenvalue weighted by atomic mass is 10.1. The number of nitrogens with zero attached hydrogens (tertiary/aromatic N) is 1. The van der Waals surface area contributed by atoms with Gasteiger partial charge in [0.05, 0.1) is 17.0 Å². The van der Waals surface area contributed by atoms with E-state index < -0.39 is 0 Å². The first-order valence-electron chi connectivity index (χ1n) is 6.31. The highest BCUT2D eigenvalue weighted by atomic mass is 16.2. The SMILES string of the molecule is CNC(=CO)/C(=C/N)c1nc(-c2ccccc2)cc(=O)[nH]1. The lowest BCUT2D eigenvalue weighted by Crippen LogP contribution is -2.16. The summed E-state index contributed by atoms with van der Waals surface area (Å²) in [6.45, 7) is 0. The molecule has 0 aliphatic rings.